The molecular weight excluding hydrogens is 368 g/mol. The molecule has 2 heterocycles. The third-order valence-corrected chi connectivity index (χ3v) is 4.52. The van der Waals surface area contributed by atoms with E-state index in [0.717, 1.165) is 15.4 Å². The highest BCUT2D eigenvalue weighted by molar-refractivity contribution is 9.10. The van der Waals surface area contributed by atoms with Crippen LogP contribution in [0.2, 0.25) is 0 Å². The van der Waals surface area contributed by atoms with E-state index in [1.54, 1.807) is 12.1 Å². The number of fused-ring (bicyclic) bond motifs is 2. The van der Waals surface area contributed by atoms with Crippen LogP contribution in [0.25, 0.3) is 33.3 Å². The quantitative estimate of drug-likeness (QED) is 0.481. The van der Waals surface area contributed by atoms with E-state index in [9.17, 15) is 4.79 Å². The molecule has 4 nitrogen and oxygen atoms in total. The Labute approximate surface area is 146 Å². The van der Waals surface area contributed by atoms with E-state index < -0.39 is 0 Å². The Kier molecular flexibility index (Phi) is 3.53. The first kappa shape index (κ1) is 15.1. The van der Waals surface area contributed by atoms with E-state index in [1.165, 1.54) is 6.07 Å². The number of halogens is 1. The lowest BCUT2D eigenvalue weighted by molar-refractivity contribution is 0.547. The summed E-state index contributed by atoms with van der Waals surface area (Å²) in [6, 6.07) is 15.2. The van der Waals surface area contributed by atoms with Gasteiger partial charge in [-0.15, -0.1) is 0 Å². The van der Waals surface area contributed by atoms with Gasteiger partial charge in [-0.3, -0.25) is 9.48 Å². The monoisotopic (exact) mass is 382 g/mol. The number of nitrogens with zero attached hydrogens (tertiary/aromatic N) is 2. The van der Waals surface area contributed by atoms with Crippen molar-refractivity contribution >= 4 is 37.8 Å². The smallest absolute Gasteiger partial charge is 0.193 e. The Morgan fingerprint density at radius 1 is 1.08 bits per heavy atom. The highest BCUT2D eigenvalue weighted by Crippen LogP contribution is 2.30. The Bertz CT molecular complexity index is 1130. The first-order chi connectivity index (χ1) is 11.5. The Hall–Kier alpha value is -2.40. The summed E-state index contributed by atoms with van der Waals surface area (Å²) in [6.45, 7) is 4.16. The zero-order valence-electron chi connectivity index (χ0n) is 13.3. The standard InChI is InChI=1S/C19H15BrN2O2/c1-11(2)22-15-6-4-3-5-13(15)19(21-22)18-10-16(23)14-9-12(20)7-8-17(14)24-18/h3-11H,1-2H3. The van der Waals surface area contributed by atoms with Crippen LogP contribution in [-0.2, 0) is 0 Å². The number of rotatable bonds is 2. The largest absolute Gasteiger partial charge is 0.454 e. The van der Waals surface area contributed by atoms with Crippen LogP contribution < -0.4 is 5.43 Å². The van der Waals surface area contributed by atoms with Gasteiger partial charge in [-0.1, -0.05) is 34.1 Å². The summed E-state index contributed by atoms with van der Waals surface area (Å²) in [6.07, 6.45) is 0. The molecule has 2 aromatic heterocycles. The average molecular weight is 383 g/mol. The molecule has 120 valence electrons. The highest BCUT2D eigenvalue weighted by atomic mass is 79.9. The molecule has 0 N–H and O–H groups in total. The molecule has 0 amide bonds. The maximum atomic E-state index is 12.5. The minimum Gasteiger partial charge on any atom is -0.454 e. The van der Waals surface area contributed by atoms with Crippen LogP contribution in [0.1, 0.15) is 19.9 Å². The SMILES string of the molecule is CC(C)n1nc(-c2cc(=O)c3cc(Br)ccc3o2)c2ccccc21. The fourth-order valence-electron chi connectivity index (χ4n) is 2.91. The summed E-state index contributed by atoms with van der Waals surface area (Å²) in [5.74, 6) is 0.491. The minimum absolute atomic E-state index is 0.0734. The maximum absolute atomic E-state index is 12.5. The molecule has 0 aliphatic heterocycles. The van der Waals surface area contributed by atoms with Crippen molar-refractivity contribution in [2.75, 3.05) is 0 Å². The van der Waals surface area contributed by atoms with Crippen LogP contribution in [0.4, 0.5) is 0 Å². The Morgan fingerprint density at radius 3 is 2.67 bits per heavy atom. The predicted octanol–water partition coefficient (Wildman–Crippen LogP) is 5.15. The topological polar surface area (TPSA) is 48.0 Å². The molecule has 0 atom stereocenters. The zero-order valence-corrected chi connectivity index (χ0v) is 14.9. The lowest BCUT2D eigenvalue weighted by atomic mass is 10.1. The molecule has 0 fully saturated rings. The number of aromatic nitrogens is 2. The molecular formula is C19H15BrN2O2. The molecule has 0 bridgehead atoms. The van der Waals surface area contributed by atoms with Crippen molar-refractivity contribution < 1.29 is 4.42 Å². The summed E-state index contributed by atoms with van der Waals surface area (Å²) >= 11 is 3.39. The van der Waals surface area contributed by atoms with Crippen molar-refractivity contribution in [3.05, 3.63) is 63.2 Å². The van der Waals surface area contributed by atoms with Crippen LogP contribution in [0.15, 0.2) is 62.2 Å². The van der Waals surface area contributed by atoms with Gasteiger partial charge in [-0.25, -0.2) is 0 Å². The van der Waals surface area contributed by atoms with E-state index in [-0.39, 0.29) is 11.5 Å². The fraction of sp³-hybridized carbons (Fsp3) is 0.158. The lowest BCUT2D eigenvalue weighted by Crippen LogP contribution is -2.03. The van der Waals surface area contributed by atoms with Gasteiger partial charge >= 0.3 is 0 Å². The number of hydrogen-bond acceptors (Lipinski definition) is 3. The van der Waals surface area contributed by atoms with E-state index >= 15 is 0 Å². The van der Waals surface area contributed by atoms with E-state index in [2.05, 4.69) is 29.8 Å². The van der Waals surface area contributed by atoms with Crippen molar-refractivity contribution in [2.45, 2.75) is 19.9 Å². The van der Waals surface area contributed by atoms with Gasteiger partial charge in [0, 0.05) is 22.0 Å². The Morgan fingerprint density at radius 2 is 1.88 bits per heavy atom. The van der Waals surface area contributed by atoms with Gasteiger partial charge < -0.3 is 4.42 Å². The van der Waals surface area contributed by atoms with Crippen LogP contribution in [-0.4, -0.2) is 9.78 Å². The summed E-state index contributed by atoms with van der Waals surface area (Å²) in [5.41, 5.74) is 2.21. The van der Waals surface area contributed by atoms with Gasteiger partial charge in [0.05, 0.1) is 10.9 Å². The fourth-order valence-corrected chi connectivity index (χ4v) is 3.27. The van der Waals surface area contributed by atoms with Crippen LogP contribution >= 0.6 is 15.9 Å². The normalized spacial score (nSPS) is 11.7. The van der Waals surface area contributed by atoms with Gasteiger partial charge in [-0.2, -0.15) is 5.10 Å². The number of benzene rings is 2. The van der Waals surface area contributed by atoms with Crippen LogP contribution in [0, 0.1) is 0 Å². The van der Waals surface area contributed by atoms with Gasteiger partial charge in [0.2, 0.25) is 0 Å². The van der Waals surface area contributed by atoms with Crippen molar-refractivity contribution in [2.24, 2.45) is 0 Å². The molecule has 24 heavy (non-hydrogen) atoms. The molecule has 0 aliphatic carbocycles. The van der Waals surface area contributed by atoms with Crippen LogP contribution in [0.3, 0.4) is 0 Å². The van der Waals surface area contributed by atoms with E-state index in [0.29, 0.717) is 22.4 Å². The molecule has 0 radical (unpaired) electrons. The van der Waals surface area contributed by atoms with Crippen molar-refractivity contribution in [1.82, 2.24) is 9.78 Å². The van der Waals surface area contributed by atoms with E-state index in [4.69, 9.17) is 9.52 Å². The van der Waals surface area contributed by atoms with Crippen molar-refractivity contribution in [3.63, 3.8) is 0 Å². The minimum atomic E-state index is -0.0734. The van der Waals surface area contributed by atoms with Gasteiger partial charge in [0.1, 0.15) is 11.3 Å². The van der Waals surface area contributed by atoms with Crippen LogP contribution in [0.5, 0.6) is 0 Å². The molecule has 4 aromatic rings. The second-order valence-electron chi connectivity index (χ2n) is 6.02. The molecule has 2 aromatic carbocycles. The average Bonchev–Trinajstić information content (AvgIpc) is 2.95. The summed E-state index contributed by atoms with van der Waals surface area (Å²) in [7, 11) is 0. The Balaban J connectivity index is 2.03. The highest BCUT2D eigenvalue weighted by Gasteiger charge is 2.17. The molecule has 0 aliphatic rings. The predicted molar refractivity (Wildman–Crippen MR) is 99.3 cm³/mol. The van der Waals surface area contributed by atoms with E-state index in [1.807, 2.05) is 35.0 Å². The maximum Gasteiger partial charge on any atom is 0.193 e. The first-order valence-electron chi connectivity index (χ1n) is 7.75. The molecule has 0 saturated carbocycles. The van der Waals surface area contributed by atoms with Crippen molar-refractivity contribution in [3.8, 4) is 11.5 Å². The third kappa shape index (κ3) is 2.36. The number of para-hydroxylation sites is 1. The molecule has 0 unspecified atom stereocenters. The molecule has 0 spiro atoms. The summed E-state index contributed by atoms with van der Waals surface area (Å²) in [4.78, 5) is 12.5. The molecule has 5 heteroatoms. The molecule has 0 saturated heterocycles. The number of hydrogen-bond donors (Lipinski definition) is 0. The molecule has 4 rings (SSSR count). The van der Waals surface area contributed by atoms with Gasteiger partial charge in [-0.05, 0) is 38.1 Å². The lowest BCUT2D eigenvalue weighted by Gasteiger charge is -2.06. The van der Waals surface area contributed by atoms with Gasteiger partial charge in [0.15, 0.2) is 11.2 Å². The first-order valence-corrected chi connectivity index (χ1v) is 8.55. The van der Waals surface area contributed by atoms with Crippen molar-refractivity contribution in [1.29, 1.82) is 0 Å². The third-order valence-electron chi connectivity index (χ3n) is 4.03. The second-order valence-corrected chi connectivity index (χ2v) is 6.94. The second kappa shape index (κ2) is 5.60. The van der Waals surface area contributed by atoms with Gasteiger partial charge in [0.25, 0.3) is 0 Å². The summed E-state index contributed by atoms with van der Waals surface area (Å²) in [5, 5.41) is 6.23. The summed E-state index contributed by atoms with van der Waals surface area (Å²) < 4.78 is 8.79. The zero-order chi connectivity index (χ0) is 16.8.